The van der Waals surface area contributed by atoms with Gasteiger partial charge in [-0.25, -0.2) is 0 Å². The summed E-state index contributed by atoms with van der Waals surface area (Å²) in [6, 6.07) is 0. The third kappa shape index (κ3) is 2.76. The highest BCUT2D eigenvalue weighted by molar-refractivity contribution is 5.97. The number of nitrogen functional groups attached to an aromatic ring is 1. The molecule has 86 valence electrons. The minimum atomic E-state index is -0.258. The molecule has 0 bridgehead atoms. The number of nitrogens with two attached hydrogens (primary N) is 1. The van der Waals surface area contributed by atoms with E-state index in [1.54, 1.807) is 6.92 Å². The summed E-state index contributed by atoms with van der Waals surface area (Å²) in [4.78, 5) is 11.6. The van der Waals surface area contributed by atoms with E-state index < -0.39 is 0 Å². The van der Waals surface area contributed by atoms with Gasteiger partial charge in [-0.2, -0.15) is 5.10 Å². The number of hydrogen-bond donors (Lipinski definition) is 3. The van der Waals surface area contributed by atoms with E-state index in [2.05, 4.69) is 27.4 Å². The van der Waals surface area contributed by atoms with Crippen LogP contribution >= 0.6 is 0 Å². The lowest BCUT2D eigenvalue weighted by molar-refractivity contribution is 0.0950. The van der Waals surface area contributed by atoms with Gasteiger partial charge in [0.25, 0.3) is 5.91 Å². The van der Waals surface area contributed by atoms with E-state index in [9.17, 15) is 4.79 Å². The zero-order valence-corrected chi connectivity index (χ0v) is 9.55. The first-order valence-electron chi connectivity index (χ1n) is 5.21. The van der Waals surface area contributed by atoms with E-state index in [-0.39, 0.29) is 11.6 Å². The smallest absolute Gasteiger partial charge is 0.273 e. The predicted molar refractivity (Wildman–Crippen MR) is 62.8 cm³/mol. The van der Waals surface area contributed by atoms with E-state index >= 15 is 0 Å². The first-order chi connectivity index (χ1) is 7.70. The summed E-state index contributed by atoms with van der Waals surface area (Å²) in [7, 11) is 0. The van der Waals surface area contributed by atoms with Crippen LogP contribution in [0.5, 0.6) is 0 Å². The number of amides is 1. The van der Waals surface area contributed by atoms with Gasteiger partial charge in [0.15, 0.2) is 5.69 Å². The molecule has 1 aromatic rings. The quantitative estimate of drug-likeness (QED) is 0.516. The molecule has 0 atom stereocenters. The highest BCUT2D eigenvalue weighted by atomic mass is 16.1. The zero-order valence-electron chi connectivity index (χ0n) is 9.55. The Kier molecular flexibility index (Phi) is 4.40. The second-order valence-electron chi connectivity index (χ2n) is 3.25. The second kappa shape index (κ2) is 5.81. The maximum atomic E-state index is 11.6. The molecule has 0 aliphatic rings. The Morgan fingerprint density at radius 2 is 2.38 bits per heavy atom. The third-order valence-electron chi connectivity index (χ3n) is 2.16. The summed E-state index contributed by atoms with van der Waals surface area (Å²) in [6.45, 7) is 4.22. The Morgan fingerprint density at radius 1 is 1.62 bits per heavy atom. The van der Waals surface area contributed by atoms with Gasteiger partial charge >= 0.3 is 0 Å². The molecule has 1 heterocycles. The standard InChI is InChI=1S/C11H16N4O/c1-3-5-6-7-13-11(16)10-9(12)8(4-2)14-15-10/h4,6-7,12H2,1-2H3,(H,13,16)(H,14,15). The van der Waals surface area contributed by atoms with Crippen LogP contribution in [0, 0.1) is 11.8 Å². The molecule has 0 aromatic carbocycles. The molecule has 1 aromatic heterocycles. The largest absolute Gasteiger partial charge is 0.395 e. The molecule has 16 heavy (non-hydrogen) atoms. The molecule has 0 radical (unpaired) electrons. The molecule has 0 saturated carbocycles. The lowest BCUT2D eigenvalue weighted by atomic mass is 10.2. The summed E-state index contributed by atoms with van der Waals surface area (Å²) in [5, 5.41) is 9.34. The van der Waals surface area contributed by atoms with Crippen molar-refractivity contribution < 1.29 is 4.79 Å². The van der Waals surface area contributed by atoms with Gasteiger partial charge in [-0.15, -0.1) is 11.8 Å². The SMILES string of the molecule is CC#CCCNC(=O)c1n[nH]c(CC)c1N. The fourth-order valence-electron chi connectivity index (χ4n) is 1.28. The summed E-state index contributed by atoms with van der Waals surface area (Å²) in [5.74, 6) is 5.36. The topological polar surface area (TPSA) is 83.8 Å². The number of hydrogen-bond acceptors (Lipinski definition) is 3. The number of H-pyrrole nitrogens is 1. The van der Waals surface area contributed by atoms with Gasteiger partial charge in [-0.1, -0.05) is 6.92 Å². The van der Waals surface area contributed by atoms with E-state index in [0.29, 0.717) is 18.7 Å². The average molecular weight is 220 g/mol. The van der Waals surface area contributed by atoms with Crippen LogP contribution < -0.4 is 11.1 Å². The number of carbonyl (C=O) groups is 1. The Labute approximate surface area is 94.8 Å². The number of rotatable bonds is 4. The van der Waals surface area contributed by atoms with Crippen LogP contribution in [0.1, 0.15) is 36.5 Å². The molecular formula is C11H16N4O. The first-order valence-corrected chi connectivity index (χ1v) is 5.21. The Hall–Kier alpha value is -1.96. The van der Waals surface area contributed by atoms with Gasteiger partial charge in [0.2, 0.25) is 0 Å². The van der Waals surface area contributed by atoms with E-state index in [4.69, 9.17) is 5.73 Å². The summed E-state index contributed by atoms with van der Waals surface area (Å²) < 4.78 is 0. The van der Waals surface area contributed by atoms with Crippen molar-refractivity contribution in [2.24, 2.45) is 0 Å². The van der Waals surface area contributed by atoms with Crippen LogP contribution in [0.2, 0.25) is 0 Å². The number of anilines is 1. The fourth-order valence-corrected chi connectivity index (χ4v) is 1.28. The fraction of sp³-hybridized carbons (Fsp3) is 0.455. The number of aromatic amines is 1. The molecule has 5 nitrogen and oxygen atoms in total. The molecule has 0 aliphatic carbocycles. The number of nitrogens with zero attached hydrogens (tertiary/aromatic N) is 1. The van der Waals surface area contributed by atoms with E-state index in [1.165, 1.54) is 0 Å². The zero-order chi connectivity index (χ0) is 12.0. The highest BCUT2D eigenvalue weighted by Gasteiger charge is 2.15. The lowest BCUT2D eigenvalue weighted by Gasteiger charge is -2.00. The first kappa shape index (κ1) is 12.1. The van der Waals surface area contributed by atoms with Crippen molar-refractivity contribution in [3.05, 3.63) is 11.4 Å². The van der Waals surface area contributed by atoms with Gasteiger partial charge in [0.05, 0.1) is 11.4 Å². The predicted octanol–water partition coefficient (Wildman–Crippen LogP) is 0.697. The van der Waals surface area contributed by atoms with Crippen molar-refractivity contribution in [2.45, 2.75) is 26.7 Å². The summed E-state index contributed by atoms with van der Waals surface area (Å²) >= 11 is 0. The number of aromatic nitrogens is 2. The van der Waals surface area contributed by atoms with Crippen molar-refractivity contribution in [1.82, 2.24) is 15.5 Å². The van der Waals surface area contributed by atoms with Gasteiger partial charge in [-0.05, 0) is 13.3 Å². The summed E-state index contributed by atoms with van der Waals surface area (Å²) in [5.41, 5.74) is 7.25. The van der Waals surface area contributed by atoms with Gasteiger partial charge in [-0.3, -0.25) is 9.89 Å². The highest BCUT2D eigenvalue weighted by Crippen LogP contribution is 2.13. The van der Waals surface area contributed by atoms with E-state index in [0.717, 1.165) is 12.1 Å². The maximum absolute atomic E-state index is 11.6. The minimum Gasteiger partial charge on any atom is -0.395 e. The molecular weight excluding hydrogens is 204 g/mol. The molecule has 4 N–H and O–H groups in total. The molecule has 0 fully saturated rings. The molecule has 0 unspecified atom stereocenters. The van der Waals surface area contributed by atoms with Gasteiger partial charge in [0.1, 0.15) is 0 Å². The third-order valence-corrected chi connectivity index (χ3v) is 2.16. The minimum absolute atomic E-state index is 0.258. The van der Waals surface area contributed by atoms with Crippen molar-refractivity contribution in [3.8, 4) is 11.8 Å². The maximum Gasteiger partial charge on any atom is 0.273 e. The van der Waals surface area contributed by atoms with Crippen molar-refractivity contribution >= 4 is 11.6 Å². The molecule has 0 spiro atoms. The normalized spacial score (nSPS) is 9.38. The Morgan fingerprint density at radius 3 is 2.94 bits per heavy atom. The Balaban J connectivity index is 2.58. The van der Waals surface area contributed by atoms with Crippen molar-refractivity contribution in [3.63, 3.8) is 0 Å². The van der Waals surface area contributed by atoms with Crippen LogP contribution in [0.4, 0.5) is 5.69 Å². The van der Waals surface area contributed by atoms with Gasteiger partial charge < -0.3 is 11.1 Å². The number of nitrogens with one attached hydrogen (secondary N) is 2. The van der Waals surface area contributed by atoms with Crippen LogP contribution in [0.25, 0.3) is 0 Å². The number of aryl methyl sites for hydroxylation is 1. The second-order valence-corrected chi connectivity index (χ2v) is 3.25. The monoisotopic (exact) mass is 220 g/mol. The molecule has 1 rings (SSSR count). The van der Waals surface area contributed by atoms with Crippen LogP contribution in [-0.2, 0) is 6.42 Å². The van der Waals surface area contributed by atoms with Crippen LogP contribution in [0.15, 0.2) is 0 Å². The Bertz CT molecular complexity index is 425. The van der Waals surface area contributed by atoms with Crippen molar-refractivity contribution in [1.29, 1.82) is 0 Å². The van der Waals surface area contributed by atoms with Crippen molar-refractivity contribution in [2.75, 3.05) is 12.3 Å². The lowest BCUT2D eigenvalue weighted by Crippen LogP contribution is -2.25. The molecule has 1 amide bonds. The van der Waals surface area contributed by atoms with Gasteiger partial charge in [0, 0.05) is 13.0 Å². The summed E-state index contributed by atoms with van der Waals surface area (Å²) in [6.07, 6.45) is 1.36. The van der Waals surface area contributed by atoms with Crippen LogP contribution in [0.3, 0.4) is 0 Å². The molecule has 0 saturated heterocycles. The molecule has 5 heteroatoms. The molecule has 0 aliphatic heterocycles. The number of carbonyl (C=O) groups excluding carboxylic acids is 1. The van der Waals surface area contributed by atoms with E-state index in [1.807, 2.05) is 6.92 Å². The van der Waals surface area contributed by atoms with Crippen LogP contribution in [-0.4, -0.2) is 22.6 Å². The average Bonchev–Trinajstić information content (AvgIpc) is 2.65.